The fraction of sp³-hybridized carbons (Fsp3) is 0.562. The van der Waals surface area contributed by atoms with Gasteiger partial charge < -0.3 is 16.0 Å². The van der Waals surface area contributed by atoms with Gasteiger partial charge in [0.15, 0.2) is 0 Å². The summed E-state index contributed by atoms with van der Waals surface area (Å²) in [6.45, 7) is 1.97. The van der Waals surface area contributed by atoms with Crippen LogP contribution in [0.2, 0.25) is 0 Å². The highest BCUT2D eigenvalue weighted by Crippen LogP contribution is 2.33. The molecule has 23 heavy (non-hydrogen) atoms. The van der Waals surface area contributed by atoms with Gasteiger partial charge in [-0.1, -0.05) is 6.42 Å². The van der Waals surface area contributed by atoms with Gasteiger partial charge in [0.05, 0.1) is 12.1 Å². The van der Waals surface area contributed by atoms with Crippen molar-refractivity contribution >= 4 is 29.5 Å². The summed E-state index contributed by atoms with van der Waals surface area (Å²) in [7, 11) is 0. The zero-order valence-electron chi connectivity index (χ0n) is 13.2. The van der Waals surface area contributed by atoms with E-state index in [1.165, 1.54) is 0 Å². The molecular weight excluding hydrogens is 312 g/mol. The van der Waals surface area contributed by atoms with Crippen LogP contribution in [-0.2, 0) is 4.79 Å². The summed E-state index contributed by atoms with van der Waals surface area (Å²) < 4.78 is 0. The van der Waals surface area contributed by atoms with Crippen LogP contribution >= 0.6 is 11.8 Å². The zero-order valence-corrected chi connectivity index (χ0v) is 14.0. The predicted octanol–water partition coefficient (Wildman–Crippen LogP) is 2.05. The quantitative estimate of drug-likeness (QED) is 0.549. The number of nitrogens with one attached hydrogen (secondary N) is 3. The lowest BCUT2D eigenvalue weighted by molar-refractivity contribution is -0.116. The highest BCUT2D eigenvalue weighted by molar-refractivity contribution is 8.00. The maximum atomic E-state index is 11.9. The number of fused-ring (bicyclic) bond motifs is 1. The molecule has 2 aliphatic rings. The van der Waals surface area contributed by atoms with Crippen molar-refractivity contribution in [2.75, 3.05) is 11.1 Å². The van der Waals surface area contributed by atoms with Gasteiger partial charge >= 0.3 is 6.03 Å². The molecule has 6 nitrogen and oxygen atoms in total. The minimum absolute atomic E-state index is 0.0101. The van der Waals surface area contributed by atoms with Crippen LogP contribution in [0.25, 0.3) is 0 Å². The van der Waals surface area contributed by atoms with E-state index in [1.54, 1.807) is 6.20 Å². The minimum Gasteiger partial charge on any atom is -0.332 e. The number of nitrogens with zero attached hydrogens (tertiary/aromatic N) is 1. The molecule has 2 fully saturated rings. The third-order valence-corrected chi connectivity index (χ3v) is 5.77. The molecule has 0 spiro atoms. The van der Waals surface area contributed by atoms with Crippen LogP contribution in [-0.4, -0.2) is 40.0 Å². The van der Waals surface area contributed by atoms with Gasteiger partial charge in [-0.15, -0.1) is 0 Å². The van der Waals surface area contributed by atoms with Crippen molar-refractivity contribution in [1.29, 1.82) is 0 Å². The standard InChI is InChI=1S/C16H22N4O2S/c1-10-6-7-17-13(8-10)19-14(21)5-3-2-4-12-15-11(9-23-12)18-16(22)20-15/h6-8,11-12,15H,2-5,9H2,1H3,(H,17,19,21)(H2,18,20,22)/t11-,12+,15+/m1/s1. The molecule has 0 bridgehead atoms. The fourth-order valence-corrected chi connectivity index (χ4v) is 4.63. The number of hydrogen-bond acceptors (Lipinski definition) is 4. The van der Waals surface area contributed by atoms with E-state index in [9.17, 15) is 9.59 Å². The number of anilines is 1. The molecule has 2 aliphatic heterocycles. The third-order valence-electron chi connectivity index (χ3n) is 4.26. The number of carbonyl (C=O) groups excluding carboxylic acids is 2. The highest BCUT2D eigenvalue weighted by atomic mass is 32.2. The number of unbranched alkanes of at least 4 members (excludes halogenated alkanes) is 1. The van der Waals surface area contributed by atoms with Crippen molar-refractivity contribution in [2.45, 2.75) is 49.9 Å². The lowest BCUT2D eigenvalue weighted by atomic mass is 10.0. The Kier molecular flexibility index (Phi) is 5.05. The van der Waals surface area contributed by atoms with Crippen molar-refractivity contribution in [2.24, 2.45) is 0 Å². The summed E-state index contributed by atoms with van der Waals surface area (Å²) in [5.41, 5.74) is 1.08. The molecule has 0 aromatic carbocycles. The van der Waals surface area contributed by atoms with Gasteiger partial charge in [-0.2, -0.15) is 11.8 Å². The SMILES string of the molecule is Cc1ccnc(NC(=O)CCCC[C@@H]2SC[C@H]3NC(=O)N[C@H]23)c1. The van der Waals surface area contributed by atoms with Gasteiger partial charge in [-0.05, 0) is 37.5 Å². The molecule has 3 amide bonds. The topological polar surface area (TPSA) is 83.1 Å². The number of aromatic nitrogens is 1. The van der Waals surface area contributed by atoms with Crippen molar-refractivity contribution in [3.8, 4) is 0 Å². The van der Waals surface area contributed by atoms with Crippen molar-refractivity contribution in [3.63, 3.8) is 0 Å². The second-order valence-corrected chi connectivity index (χ2v) is 7.41. The van der Waals surface area contributed by atoms with E-state index in [4.69, 9.17) is 0 Å². The molecule has 3 N–H and O–H groups in total. The number of rotatable bonds is 6. The Balaban J connectivity index is 1.35. The Hall–Kier alpha value is -1.76. The van der Waals surface area contributed by atoms with E-state index < -0.39 is 0 Å². The summed E-state index contributed by atoms with van der Waals surface area (Å²) >= 11 is 1.91. The van der Waals surface area contributed by atoms with Crippen LogP contribution in [0.1, 0.15) is 31.2 Å². The van der Waals surface area contributed by atoms with Gasteiger partial charge in [0.1, 0.15) is 5.82 Å². The van der Waals surface area contributed by atoms with Crippen LogP contribution in [0, 0.1) is 6.92 Å². The summed E-state index contributed by atoms with van der Waals surface area (Å²) in [4.78, 5) is 27.4. The summed E-state index contributed by atoms with van der Waals surface area (Å²) in [6, 6.07) is 4.24. The first-order chi connectivity index (χ1) is 11.1. The van der Waals surface area contributed by atoms with Gasteiger partial charge in [0, 0.05) is 23.6 Å². The van der Waals surface area contributed by atoms with Crippen molar-refractivity contribution in [3.05, 3.63) is 23.9 Å². The Morgan fingerprint density at radius 2 is 2.30 bits per heavy atom. The molecule has 0 unspecified atom stereocenters. The fourth-order valence-electron chi connectivity index (χ4n) is 3.08. The van der Waals surface area contributed by atoms with Crippen LogP contribution in [0.15, 0.2) is 18.3 Å². The van der Waals surface area contributed by atoms with Crippen LogP contribution in [0.3, 0.4) is 0 Å². The monoisotopic (exact) mass is 334 g/mol. The lowest BCUT2D eigenvalue weighted by Crippen LogP contribution is -2.36. The minimum atomic E-state index is -0.0460. The predicted molar refractivity (Wildman–Crippen MR) is 91.6 cm³/mol. The van der Waals surface area contributed by atoms with Gasteiger partial charge in [-0.25, -0.2) is 9.78 Å². The largest absolute Gasteiger partial charge is 0.332 e. The van der Waals surface area contributed by atoms with Gasteiger partial charge in [-0.3, -0.25) is 4.79 Å². The molecule has 3 rings (SSSR count). The molecule has 3 atom stereocenters. The van der Waals surface area contributed by atoms with E-state index in [2.05, 4.69) is 20.9 Å². The smallest absolute Gasteiger partial charge is 0.315 e. The van der Waals surface area contributed by atoms with Crippen LogP contribution < -0.4 is 16.0 Å². The number of urea groups is 1. The van der Waals surface area contributed by atoms with E-state index in [1.807, 2.05) is 30.8 Å². The zero-order chi connectivity index (χ0) is 16.2. The number of amides is 3. The molecule has 1 aromatic heterocycles. The average molecular weight is 334 g/mol. The maximum absolute atomic E-state index is 11.9. The molecule has 1 aromatic rings. The second-order valence-electron chi connectivity index (χ2n) is 6.13. The average Bonchev–Trinajstić information content (AvgIpc) is 3.03. The molecule has 0 radical (unpaired) electrons. The Morgan fingerprint density at radius 3 is 3.13 bits per heavy atom. The number of hydrogen-bond donors (Lipinski definition) is 3. The number of pyridine rings is 1. The molecule has 3 heterocycles. The molecule has 2 saturated heterocycles. The summed E-state index contributed by atoms with van der Waals surface area (Å²) in [6.07, 6.45) is 5.08. The third kappa shape index (κ3) is 4.16. The van der Waals surface area contributed by atoms with E-state index in [0.29, 0.717) is 17.5 Å². The Bertz CT molecular complexity index is 595. The lowest BCUT2D eigenvalue weighted by Gasteiger charge is -2.16. The first-order valence-corrected chi connectivity index (χ1v) is 9.08. The molecule has 0 aliphatic carbocycles. The molecular formula is C16H22N4O2S. The molecule has 124 valence electrons. The molecule has 7 heteroatoms. The summed E-state index contributed by atoms with van der Waals surface area (Å²) in [5, 5.41) is 9.23. The Labute approximate surface area is 140 Å². The number of carbonyl (C=O) groups is 2. The Morgan fingerprint density at radius 1 is 1.43 bits per heavy atom. The van der Waals surface area contributed by atoms with E-state index in [0.717, 1.165) is 30.6 Å². The highest BCUT2D eigenvalue weighted by Gasteiger charge is 2.42. The summed E-state index contributed by atoms with van der Waals surface area (Å²) in [5.74, 6) is 1.60. The molecule has 0 saturated carbocycles. The first kappa shape index (κ1) is 16.1. The number of aryl methyl sites for hydroxylation is 1. The first-order valence-electron chi connectivity index (χ1n) is 8.03. The van der Waals surface area contributed by atoms with Crippen LogP contribution in [0.5, 0.6) is 0 Å². The van der Waals surface area contributed by atoms with E-state index >= 15 is 0 Å². The number of thioether (sulfide) groups is 1. The van der Waals surface area contributed by atoms with Crippen molar-refractivity contribution in [1.82, 2.24) is 15.6 Å². The van der Waals surface area contributed by atoms with Gasteiger partial charge in [0.25, 0.3) is 0 Å². The normalized spacial score (nSPS) is 25.6. The maximum Gasteiger partial charge on any atom is 0.315 e. The van der Waals surface area contributed by atoms with E-state index in [-0.39, 0.29) is 24.0 Å². The van der Waals surface area contributed by atoms with Crippen molar-refractivity contribution < 1.29 is 9.59 Å². The second kappa shape index (κ2) is 7.21. The van der Waals surface area contributed by atoms with Gasteiger partial charge in [0.2, 0.25) is 5.91 Å². The van der Waals surface area contributed by atoms with Crippen LogP contribution in [0.4, 0.5) is 10.6 Å².